The third-order valence-electron chi connectivity index (χ3n) is 3.86. The van der Waals surface area contributed by atoms with Crippen molar-refractivity contribution in [3.05, 3.63) is 70.4 Å². The van der Waals surface area contributed by atoms with Gasteiger partial charge < -0.3 is 10.1 Å². The number of carbonyl (C=O) groups excluding carboxylic acids is 1. The molecule has 5 nitrogen and oxygen atoms in total. The Morgan fingerprint density at radius 2 is 2.00 bits per heavy atom. The molecule has 4 N–H and O–H groups in total. The van der Waals surface area contributed by atoms with Crippen LogP contribution >= 0.6 is 11.3 Å². The van der Waals surface area contributed by atoms with Crippen LogP contribution in [0.15, 0.2) is 59.3 Å². The fourth-order valence-electron chi connectivity index (χ4n) is 2.52. The van der Waals surface area contributed by atoms with Crippen molar-refractivity contribution in [2.24, 2.45) is 5.84 Å². The number of thiophene rings is 1. The Morgan fingerprint density at radius 3 is 2.76 bits per heavy atom. The number of aryl methyl sites for hydroxylation is 1. The predicted octanol–water partition coefficient (Wildman–Crippen LogP) is 4.30. The van der Waals surface area contributed by atoms with E-state index in [2.05, 4.69) is 33.6 Å². The van der Waals surface area contributed by atoms with E-state index in [1.54, 1.807) is 11.3 Å². The van der Waals surface area contributed by atoms with E-state index >= 15 is 0 Å². The van der Waals surface area contributed by atoms with Crippen LogP contribution in [0.25, 0.3) is 11.1 Å². The van der Waals surface area contributed by atoms with Crippen LogP contribution in [0.1, 0.15) is 11.1 Å². The average molecular weight is 353 g/mol. The highest BCUT2D eigenvalue weighted by Crippen LogP contribution is 2.27. The maximum absolute atomic E-state index is 11.5. The molecule has 3 rings (SSSR count). The van der Waals surface area contributed by atoms with Crippen molar-refractivity contribution in [2.45, 2.75) is 13.5 Å². The van der Waals surface area contributed by atoms with Gasteiger partial charge in [-0.3, -0.25) is 5.43 Å². The van der Waals surface area contributed by atoms with Gasteiger partial charge in [0.2, 0.25) is 0 Å². The second-order valence-corrected chi connectivity index (χ2v) is 6.31. The molecule has 0 saturated heterocycles. The number of hydrogen-bond donors (Lipinski definition) is 3. The van der Waals surface area contributed by atoms with Gasteiger partial charge in [0.05, 0.1) is 0 Å². The molecule has 0 aliphatic carbocycles. The first kappa shape index (κ1) is 17.0. The summed E-state index contributed by atoms with van der Waals surface area (Å²) in [5, 5.41) is 6.87. The lowest BCUT2D eigenvalue weighted by atomic mass is 10.1. The summed E-state index contributed by atoms with van der Waals surface area (Å²) in [6.07, 6.45) is 0. The molecule has 0 saturated carbocycles. The topological polar surface area (TPSA) is 76.4 Å². The Labute approximate surface area is 150 Å². The smallest absolute Gasteiger partial charge is 0.333 e. The van der Waals surface area contributed by atoms with Crippen molar-refractivity contribution in [1.82, 2.24) is 5.43 Å². The summed E-state index contributed by atoms with van der Waals surface area (Å²) in [5.41, 5.74) is 6.97. The number of ether oxygens (including phenoxy) is 1. The monoisotopic (exact) mass is 353 g/mol. The van der Waals surface area contributed by atoms with E-state index in [0.717, 1.165) is 22.4 Å². The fourth-order valence-corrected chi connectivity index (χ4v) is 3.18. The van der Waals surface area contributed by atoms with Crippen LogP contribution in [0.5, 0.6) is 5.75 Å². The number of anilines is 1. The molecule has 2 aromatic carbocycles. The molecule has 0 unspecified atom stereocenters. The van der Waals surface area contributed by atoms with Crippen LogP contribution in [0, 0.1) is 6.92 Å². The van der Waals surface area contributed by atoms with Crippen molar-refractivity contribution in [1.29, 1.82) is 0 Å². The standard InChI is InChI=1S/C19H19N3O2S/c1-13-4-2-7-18(21-19(23)22-20)17(13)11-24-16-6-3-5-14(10-16)15-8-9-25-12-15/h2-10,12H,11,20H2,1H3,(H2,21,22,23). The highest BCUT2D eigenvalue weighted by Gasteiger charge is 2.09. The van der Waals surface area contributed by atoms with Gasteiger partial charge in [0.25, 0.3) is 0 Å². The normalized spacial score (nSPS) is 10.3. The third kappa shape index (κ3) is 4.17. The lowest BCUT2D eigenvalue weighted by molar-refractivity contribution is 0.252. The molecule has 128 valence electrons. The van der Waals surface area contributed by atoms with Crippen LogP contribution in [0.3, 0.4) is 0 Å². The number of rotatable bonds is 5. The molecule has 0 radical (unpaired) electrons. The molecule has 1 aromatic heterocycles. The van der Waals surface area contributed by atoms with Gasteiger partial charge in [-0.05, 0) is 58.6 Å². The van der Waals surface area contributed by atoms with Gasteiger partial charge in [0.15, 0.2) is 0 Å². The second kappa shape index (κ2) is 7.83. The van der Waals surface area contributed by atoms with E-state index < -0.39 is 6.03 Å². The van der Waals surface area contributed by atoms with Gasteiger partial charge in [-0.2, -0.15) is 11.3 Å². The second-order valence-electron chi connectivity index (χ2n) is 5.53. The van der Waals surface area contributed by atoms with Crippen molar-refractivity contribution in [3.8, 4) is 16.9 Å². The van der Waals surface area contributed by atoms with Crippen molar-refractivity contribution < 1.29 is 9.53 Å². The zero-order chi connectivity index (χ0) is 17.6. The predicted molar refractivity (Wildman–Crippen MR) is 102 cm³/mol. The molecule has 0 fully saturated rings. The lowest BCUT2D eigenvalue weighted by Gasteiger charge is -2.15. The molecule has 2 amide bonds. The van der Waals surface area contributed by atoms with Gasteiger partial charge in [-0.1, -0.05) is 24.3 Å². The minimum atomic E-state index is -0.466. The zero-order valence-corrected chi connectivity index (χ0v) is 14.6. The molecular formula is C19H19N3O2S. The molecular weight excluding hydrogens is 334 g/mol. The third-order valence-corrected chi connectivity index (χ3v) is 4.54. The van der Waals surface area contributed by atoms with Crippen LogP contribution in [0.4, 0.5) is 10.5 Å². The molecule has 25 heavy (non-hydrogen) atoms. The Hall–Kier alpha value is -2.83. The minimum absolute atomic E-state index is 0.347. The first-order valence-corrected chi connectivity index (χ1v) is 8.73. The number of nitrogens with two attached hydrogens (primary N) is 1. The maximum Gasteiger partial charge on any atom is 0.333 e. The summed E-state index contributed by atoms with van der Waals surface area (Å²) >= 11 is 1.67. The van der Waals surface area contributed by atoms with E-state index in [9.17, 15) is 4.79 Å². The van der Waals surface area contributed by atoms with Gasteiger partial charge in [-0.25, -0.2) is 10.6 Å². The molecule has 6 heteroatoms. The zero-order valence-electron chi connectivity index (χ0n) is 13.8. The molecule has 1 heterocycles. The molecule has 0 aliphatic heterocycles. The van der Waals surface area contributed by atoms with Gasteiger partial charge in [0.1, 0.15) is 12.4 Å². The fraction of sp³-hybridized carbons (Fsp3) is 0.105. The Balaban J connectivity index is 1.78. The summed E-state index contributed by atoms with van der Waals surface area (Å²) < 4.78 is 5.97. The van der Waals surface area contributed by atoms with Crippen LogP contribution < -0.4 is 21.3 Å². The molecule has 0 atom stereocenters. The maximum atomic E-state index is 11.5. The first-order chi connectivity index (χ1) is 12.2. The quantitative estimate of drug-likeness (QED) is 0.364. The molecule has 0 spiro atoms. The first-order valence-electron chi connectivity index (χ1n) is 7.79. The summed E-state index contributed by atoms with van der Waals surface area (Å²) in [6.45, 7) is 2.33. The summed E-state index contributed by atoms with van der Waals surface area (Å²) in [5.74, 6) is 5.92. The summed E-state index contributed by atoms with van der Waals surface area (Å²) in [7, 11) is 0. The summed E-state index contributed by atoms with van der Waals surface area (Å²) in [6, 6.07) is 15.3. The van der Waals surface area contributed by atoms with E-state index in [0.29, 0.717) is 12.3 Å². The number of carbonyl (C=O) groups is 1. The van der Waals surface area contributed by atoms with Crippen molar-refractivity contribution in [3.63, 3.8) is 0 Å². The van der Waals surface area contributed by atoms with Gasteiger partial charge >= 0.3 is 6.03 Å². The van der Waals surface area contributed by atoms with Crippen LogP contribution in [0.2, 0.25) is 0 Å². The number of amides is 2. The molecule has 3 aromatic rings. The van der Waals surface area contributed by atoms with E-state index in [1.165, 1.54) is 5.56 Å². The number of benzene rings is 2. The van der Waals surface area contributed by atoms with E-state index in [1.807, 2.05) is 43.3 Å². The molecule has 0 aliphatic rings. The van der Waals surface area contributed by atoms with E-state index in [4.69, 9.17) is 10.6 Å². The highest BCUT2D eigenvalue weighted by atomic mass is 32.1. The van der Waals surface area contributed by atoms with E-state index in [-0.39, 0.29) is 0 Å². The lowest BCUT2D eigenvalue weighted by Crippen LogP contribution is -2.34. The number of urea groups is 1. The van der Waals surface area contributed by atoms with Gasteiger partial charge in [-0.15, -0.1) is 0 Å². The summed E-state index contributed by atoms with van der Waals surface area (Å²) in [4.78, 5) is 11.5. The number of hydrazine groups is 1. The Morgan fingerprint density at radius 1 is 1.16 bits per heavy atom. The SMILES string of the molecule is Cc1cccc(NC(=O)NN)c1COc1cccc(-c2ccsc2)c1. The average Bonchev–Trinajstić information content (AvgIpc) is 3.16. The largest absolute Gasteiger partial charge is 0.489 e. The highest BCUT2D eigenvalue weighted by molar-refractivity contribution is 7.08. The van der Waals surface area contributed by atoms with Crippen molar-refractivity contribution in [2.75, 3.05) is 5.32 Å². The van der Waals surface area contributed by atoms with Crippen molar-refractivity contribution >= 4 is 23.1 Å². The van der Waals surface area contributed by atoms with Crippen LogP contribution in [-0.4, -0.2) is 6.03 Å². The van der Waals surface area contributed by atoms with Crippen LogP contribution in [-0.2, 0) is 6.61 Å². The number of hydrogen-bond acceptors (Lipinski definition) is 4. The number of nitrogens with one attached hydrogen (secondary N) is 2. The molecule has 0 bridgehead atoms. The Bertz CT molecular complexity index is 863. The minimum Gasteiger partial charge on any atom is -0.489 e. The van der Waals surface area contributed by atoms with Gasteiger partial charge in [0, 0.05) is 11.3 Å². The Kier molecular flexibility index (Phi) is 5.33.